The van der Waals surface area contributed by atoms with Crippen molar-refractivity contribution >= 4 is 28.0 Å². The lowest BCUT2D eigenvalue weighted by Gasteiger charge is -2.11. The summed E-state index contributed by atoms with van der Waals surface area (Å²) in [5.41, 5.74) is 1.82. The van der Waals surface area contributed by atoms with E-state index >= 15 is 0 Å². The zero-order valence-corrected chi connectivity index (χ0v) is 14.1. The Morgan fingerprint density at radius 3 is 2.69 bits per heavy atom. The number of benzene rings is 1. The van der Waals surface area contributed by atoms with Crippen molar-refractivity contribution in [3.8, 4) is 5.69 Å². The fourth-order valence-electron chi connectivity index (χ4n) is 3.05. The maximum atomic E-state index is 13.3. The van der Waals surface area contributed by atoms with Crippen molar-refractivity contribution in [1.29, 1.82) is 0 Å². The molecule has 0 N–H and O–H groups in total. The highest BCUT2D eigenvalue weighted by Gasteiger charge is 2.18. The van der Waals surface area contributed by atoms with Gasteiger partial charge in [-0.25, -0.2) is 9.97 Å². The molecule has 0 fully saturated rings. The van der Waals surface area contributed by atoms with E-state index in [0.29, 0.717) is 22.4 Å². The minimum absolute atomic E-state index is 0.0693. The summed E-state index contributed by atoms with van der Waals surface area (Å²) in [7, 11) is 0. The molecule has 0 bridgehead atoms. The van der Waals surface area contributed by atoms with E-state index in [0.717, 1.165) is 5.39 Å². The van der Waals surface area contributed by atoms with Crippen LogP contribution in [-0.2, 0) is 16.1 Å². The van der Waals surface area contributed by atoms with E-state index in [1.54, 1.807) is 23.8 Å². The van der Waals surface area contributed by atoms with E-state index in [1.165, 1.54) is 10.9 Å². The van der Waals surface area contributed by atoms with Crippen LogP contribution in [0.4, 0.5) is 0 Å². The van der Waals surface area contributed by atoms with E-state index in [9.17, 15) is 9.59 Å². The van der Waals surface area contributed by atoms with Crippen molar-refractivity contribution in [2.24, 2.45) is 0 Å². The van der Waals surface area contributed by atoms with Crippen molar-refractivity contribution in [2.45, 2.75) is 13.5 Å². The number of hydrogen-bond donors (Lipinski definition) is 0. The third-order valence-corrected chi connectivity index (χ3v) is 4.12. The Labute approximate surface area is 148 Å². The summed E-state index contributed by atoms with van der Waals surface area (Å²) in [4.78, 5) is 33.9. The quantitative estimate of drug-likeness (QED) is 0.529. The molecule has 0 aliphatic heterocycles. The molecule has 3 aromatic heterocycles. The van der Waals surface area contributed by atoms with Gasteiger partial charge in [-0.15, -0.1) is 0 Å². The Balaban J connectivity index is 2.05. The first-order chi connectivity index (χ1) is 12.7. The van der Waals surface area contributed by atoms with Crippen LogP contribution in [0.1, 0.15) is 6.92 Å². The summed E-state index contributed by atoms with van der Waals surface area (Å²) in [5, 5.41) is 0.744. The molecule has 0 saturated heterocycles. The van der Waals surface area contributed by atoms with E-state index in [4.69, 9.17) is 4.74 Å². The molecule has 130 valence electrons. The van der Waals surface area contributed by atoms with Gasteiger partial charge in [0.05, 0.1) is 18.6 Å². The molecule has 0 aliphatic rings. The van der Waals surface area contributed by atoms with Gasteiger partial charge in [0.15, 0.2) is 0 Å². The van der Waals surface area contributed by atoms with Gasteiger partial charge in [0.2, 0.25) is 0 Å². The lowest BCUT2D eigenvalue weighted by molar-refractivity contribution is -0.143. The predicted molar refractivity (Wildman–Crippen MR) is 97.3 cm³/mol. The van der Waals surface area contributed by atoms with E-state index in [1.807, 2.05) is 36.4 Å². The molecular formula is C19H16N4O3. The number of para-hydroxylation sites is 1. The second-order valence-corrected chi connectivity index (χ2v) is 5.73. The van der Waals surface area contributed by atoms with Crippen LogP contribution < -0.4 is 5.56 Å². The third-order valence-electron chi connectivity index (χ3n) is 4.12. The number of esters is 1. The lowest BCUT2D eigenvalue weighted by Crippen LogP contribution is -2.23. The minimum Gasteiger partial charge on any atom is -0.465 e. The lowest BCUT2D eigenvalue weighted by atomic mass is 10.2. The Bertz CT molecular complexity index is 1160. The number of fused-ring (bicyclic) bond motifs is 3. The Hall–Kier alpha value is -3.48. The third kappa shape index (κ3) is 2.54. The van der Waals surface area contributed by atoms with Crippen molar-refractivity contribution < 1.29 is 9.53 Å². The van der Waals surface area contributed by atoms with Gasteiger partial charge >= 0.3 is 5.97 Å². The first-order valence-corrected chi connectivity index (χ1v) is 8.26. The maximum Gasteiger partial charge on any atom is 0.326 e. The standard InChI is InChI=1S/C19H16N4O3/c1-2-26-15(24)11-22-12-21-16-14-9-6-10-20-18(14)23(19(25)17(16)22)13-7-4-3-5-8-13/h3-10,12H,2,11H2,1H3. The molecule has 0 unspecified atom stereocenters. The molecule has 4 aromatic rings. The van der Waals surface area contributed by atoms with Gasteiger partial charge in [-0.3, -0.25) is 14.2 Å². The number of aromatic nitrogens is 4. The Morgan fingerprint density at radius 1 is 1.12 bits per heavy atom. The van der Waals surface area contributed by atoms with Gasteiger partial charge in [0, 0.05) is 11.6 Å². The highest BCUT2D eigenvalue weighted by atomic mass is 16.5. The van der Waals surface area contributed by atoms with E-state index < -0.39 is 5.97 Å². The predicted octanol–water partition coefficient (Wildman–Crippen LogP) is 2.30. The molecule has 7 heteroatoms. The molecule has 0 saturated carbocycles. The van der Waals surface area contributed by atoms with Gasteiger partial charge in [-0.2, -0.15) is 0 Å². The monoisotopic (exact) mass is 348 g/mol. The zero-order valence-electron chi connectivity index (χ0n) is 14.1. The zero-order chi connectivity index (χ0) is 18.1. The summed E-state index contributed by atoms with van der Waals surface area (Å²) in [6, 6.07) is 12.9. The van der Waals surface area contributed by atoms with Crippen molar-refractivity contribution in [2.75, 3.05) is 6.61 Å². The smallest absolute Gasteiger partial charge is 0.326 e. The van der Waals surface area contributed by atoms with Crippen LogP contribution in [0.3, 0.4) is 0 Å². The fourth-order valence-corrected chi connectivity index (χ4v) is 3.05. The number of hydrogen-bond acceptors (Lipinski definition) is 5. The number of pyridine rings is 2. The fraction of sp³-hybridized carbons (Fsp3) is 0.158. The second kappa shape index (κ2) is 6.44. The SMILES string of the molecule is CCOC(=O)Cn1cnc2c3cccnc3n(-c3ccccc3)c(=O)c21. The molecule has 0 spiro atoms. The molecular weight excluding hydrogens is 332 g/mol. The largest absolute Gasteiger partial charge is 0.465 e. The molecule has 0 amide bonds. The number of imidazole rings is 1. The average Bonchev–Trinajstić information content (AvgIpc) is 3.07. The topological polar surface area (TPSA) is 79.0 Å². The molecule has 1 aromatic carbocycles. The van der Waals surface area contributed by atoms with E-state index in [2.05, 4.69) is 9.97 Å². The number of carbonyl (C=O) groups excluding carboxylic acids is 1. The van der Waals surface area contributed by atoms with Crippen molar-refractivity contribution in [3.63, 3.8) is 0 Å². The molecule has 7 nitrogen and oxygen atoms in total. The Kier molecular flexibility index (Phi) is 3.96. The number of rotatable bonds is 4. The number of carbonyl (C=O) groups is 1. The summed E-state index contributed by atoms with van der Waals surface area (Å²) in [5.74, 6) is -0.413. The highest BCUT2D eigenvalue weighted by Crippen LogP contribution is 2.22. The van der Waals surface area contributed by atoms with Crippen LogP contribution in [0.25, 0.3) is 27.8 Å². The summed E-state index contributed by atoms with van der Waals surface area (Å²) in [6.07, 6.45) is 3.13. The van der Waals surface area contributed by atoms with Crippen LogP contribution in [0.5, 0.6) is 0 Å². The van der Waals surface area contributed by atoms with Crippen LogP contribution in [0, 0.1) is 0 Å². The number of ether oxygens (including phenoxy) is 1. The van der Waals surface area contributed by atoms with Gasteiger partial charge in [0.25, 0.3) is 5.56 Å². The first kappa shape index (κ1) is 16.0. The van der Waals surface area contributed by atoms with Crippen LogP contribution >= 0.6 is 0 Å². The molecule has 0 atom stereocenters. The second-order valence-electron chi connectivity index (χ2n) is 5.73. The van der Waals surface area contributed by atoms with Crippen molar-refractivity contribution in [3.05, 3.63) is 65.3 Å². The van der Waals surface area contributed by atoms with Gasteiger partial charge < -0.3 is 9.30 Å². The Morgan fingerprint density at radius 2 is 1.92 bits per heavy atom. The molecule has 26 heavy (non-hydrogen) atoms. The van der Waals surface area contributed by atoms with Gasteiger partial charge in [-0.05, 0) is 31.2 Å². The molecule has 0 radical (unpaired) electrons. The minimum atomic E-state index is -0.413. The molecule has 4 rings (SSSR count). The van der Waals surface area contributed by atoms with Crippen LogP contribution in [0.15, 0.2) is 59.8 Å². The summed E-state index contributed by atoms with van der Waals surface area (Å²) >= 11 is 0. The van der Waals surface area contributed by atoms with Gasteiger partial charge in [0.1, 0.15) is 23.2 Å². The number of nitrogens with zero attached hydrogens (tertiary/aromatic N) is 4. The first-order valence-electron chi connectivity index (χ1n) is 8.26. The average molecular weight is 348 g/mol. The highest BCUT2D eigenvalue weighted by molar-refractivity contribution is 6.01. The summed E-state index contributed by atoms with van der Waals surface area (Å²) in [6.45, 7) is 1.96. The molecule has 0 aliphatic carbocycles. The normalized spacial score (nSPS) is 11.1. The maximum absolute atomic E-state index is 13.3. The van der Waals surface area contributed by atoms with Crippen molar-refractivity contribution in [1.82, 2.24) is 19.1 Å². The summed E-state index contributed by atoms with van der Waals surface area (Å²) < 4.78 is 8.07. The van der Waals surface area contributed by atoms with E-state index in [-0.39, 0.29) is 18.7 Å². The van der Waals surface area contributed by atoms with Gasteiger partial charge in [-0.1, -0.05) is 18.2 Å². The van der Waals surface area contributed by atoms with Crippen LogP contribution in [-0.4, -0.2) is 31.7 Å². The molecule has 3 heterocycles. The van der Waals surface area contributed by atoms with Crippen LogP contribution in [0.2, 0.25) is 0 Å².